The van der Waals surface area contributed by atoms with Crippen molar-refractivity contribution >= 4 is 17.4 Å². The topological polar surface area (TPSA) is 71.0 Å². The molecule has 7 heteroatoms. The first kappa shape index (κ1) is 18.4. The van der Waals surface area contributed by atoms with Crippen LogP contribution in [0.4, 0.5) is 15.9 Å². The molecule has 31 heavy (non-hydrogen) atoms. The van der Waals surface area contributed by atoms with Gasteiger partial charge in [0, 0.05) is 24.2 Å². The van der Waals surface area contributed by atoms with Gasteiger partial charge < -0.3 is 10.2 Å². The van der Waals surface area contributed by atoms with E-state index in [1.807, 2.05) is 19.1 Å². The number of fused-ring (bicyclic) bond motifs is 3. The Morgan fingerprint density at radius 1 is 1.13 bits per heavy atom. The highest BCUT2D eigenvalue weighted by Gasteiger charge is 2.50. The lowest BCUT2D eigenvalue weighted by Gasteiger charge is -2.30. The lowest BCUT2D eigenvalue weighted by molar-refractivity contribution is 0.0929. The van der Waals surface area contributed by atoms with Crippen molar-refractivity contribution in [3.05, 3.63) is 77.3 Å². The minimum absolute atomic E-state index is 0.195. The lowest BCUT2D eigenvalue weighted by Crippen LogP contribution is -2.36. The Kier molecular flexibility index (Phi) is 3.91. The number of halogens is 1. The van der Waals surface area contributed by atoms with Crippen LogP contribution in [0.15, 0.2) is 48.7 Å². The number of hydrogen-bond acceptors (Lipinski definition) is 5. The van der Waals surface area contributed by atoms with E-state index in [1.165, 1.54) is 24.3 Å². The number of hydrogen-bond donors (Lipinski definition) is 1. The normalized spacial score (nSPS) is 22.3. The molecule has 0 bridgehead atoms. The molecule has 2 fully saturated rings. The van der Waals surface area contributed by atoms with Gasteiger partial charge in [-0.1, -0.05) is 0 Å². The highest BCUT2D eigenvalue weighted by atomic mass is 19.1. The second-order valence-corrected chi connectivity index (χ2v) is 8.82. The highest BCUT2D eigenvalue weighted by molar-refractivity contribution is 5.95. The van der Waals surface area contributed by atoms with Gasteiger partial charge in [-0.05, 0) is 74.6 Å². The third-order valence-electron chi connectivity index (χ3n) is 6.62. The van der Waals surface area contributed by atoms with Crippen LogP contribution in [0.2, 0.25) is 0 Å². The van der Waals surface area contributed by atoms with E-state index in [9.17, 15) is 9.18 Å². The number of pyridine rings is 1. The molecule has 3 aliphatic rings. The molecule has 1 aromatic carbocycles. The maximum atomic E-state index is 13.2. The van der Waals surface area contributed by atoms with Crippen LogP contribution in [-0.4, -0.2) is 27.4 Å². The van der Waals surface area contributed by atoms with Crippen LogP contribution in [0.25, 0.3) is 0 Å². The van der Waals surface area contributed by atoms with E-state index in [0.717, 1.165) is 54.5 Å². The predicted octanol–water partition coefficient (Wildman–Crippen LogP) is 3.99. The Balaban J connectivity index is 1.31. The number of aryl methyl sites for hydroxylation is 1. The number of nitrogens with zero attached hydrogens (tertiary/aromatic N) is 4. The number of carbonyl (C=O) groups is 1. The van der Waals surface area contributed by atoms with Crippen LogP contribution in [0.1, 0.15) is 52.8 Å². The van der Waals surface area contributed by atoms with Crippen LogP contribution >= 0.6 is 0 Å². The molecule has 1 N–H and O–H groups in total. The van der Waals surface area contributed by atoms with Gasteiger partial charge in [-0.25, -0.2) is 14.4 Å². The second kappa shape index (κ2) is 6.57. The lowest BCUT2D eigenvalue weighted by atomic mass is 10.0. The zero-order chi connectivity index (χ0) is 21.2. The molecule has 0 saturated heterocycles. The summed E-state index contributed by atoms with van der Waals surface area (Å²) in [6.07, 6.45) is 4.64. The molecule has 6 nitrogen and oxygen atoms in total. The minimum Gasteiger partial charge on any atom is -0.341 e. The summed E-state index contributed by atoms with van der Waals surface area (Å²) in [5, 5.41) is 3.15. The maximum Gasteiger partial charge on any atom is 0.252 e. The van der Waals surface area contributed by atoms with Crippen molar-refractivity contribution in [3.63, 3.8) is 0 Å². The summed E-state index contributed by atoms with van der Waals surface area (Å²) in [7, 11) is 0. The monoisotopic (exact) mass is 415 g/mol. The van der Waals surface area contributed by atoms with E-state index in [-0.39, 0.29) is 11.7 Å². The largest absolute Gasteiger partial charge is 0.341 e. The Hall–Kier alpha value is -3.35. The molecule has 2 saturated carbocycles. The molecule has 2 aliphatic carbocycles. The molecule has 6 rings (SSSR count). The predicted molar refractivity (Wildman–Crippen MR) is 114 cm³/mol. The molecular weight excluding hydrogens is 393 g/mol. The smallest absolute Gasteiger partial charge is 0.252 e. The Morgan fingerprint density at radius 2 is 1.94 bits per heavy atom. The van der Waals surface area contributed by atoms with E-state index in [1.54, 1.807) is 6.20 Å². The van der Waals surface area contributed by atoms with Gasteiger partial charge in [0.15, 0.2) is 0 Å². The average molecular weight is 415 g/mol. The number of nitrogens with one attached hydrogen (secondary N) is 1. The summed E-state index contributed by atoms with van der Waals surface area (Å²) in [6, 6.07) is 11.7. The van der Waals surface area contributed by atoms with Crippen molar-refractivity contribution in [3.8, 4) is 0 Å². The van der Waals surface area contributed by atoms with Crippen molar-refractivity contribution in [2.45, 2.75) is 37.6 Å². The molecule has 2 aromatic heterocycles. The van der Waals surface area contributed by atoms with Gasteiger partial charge in [-0.2, -0.15) is 0 Å². The van der Waals surface area contributed by atoms with E-state index in [0.29, 0.717) is 17.4 Å². The standard InChI is InChI=1S/C24H22FN5O/c1-14-26-11-8-21(27-14)30-13-16-12-18(16)22-19(30)6-7-20(28-22)24(9-10-24)29-23(31)15-2-4-17(25)5-3-15/h2-8,11,16,18H,9-10,12-13H2,1H3,(H,29,31)/t16-,18?/m1/s1. The molecule has 1 unspecified atom stereocenters. The van der Waals surface area contributed by atoms with E-state index in [4.69, 9.17) is 4.98 Å². The molecule has 0 radical (unpaired) electrons. The first-order valence-corrected chi connectivity index (χ1v) is 10.7. The Labute approximate surface area is 179 Å². The fourth-order valence-electron chi connectivity index (χ4n) is 4.62. The fraction of sp³-hybridized carbons (Fsp3) is 0.333. The van der Waals surface area contributed by atoms with Gasteiger partial charge in [-0.15, -0.1) is 0 Å². The average Bonchev–Trinajstić information content (AvgIpc) is 3.69. The third-order valence-corrected chi connectivity index (χ3v) is 6.62. The van der Waals surface area contributed by atoms with Gasteiger partial charge in [0.1, 0.15) is 17.5 Å². The quantitative estimate of drug-likeness (QED) is 0.698. The maximum absolute atomic E-state index is 13.2. The van der Waals surface area contributed by atoms with Crippen LogP contribution < -0.4 is 10.2 Å². The van der Waals surface area contributed by atoms with Crippen LogP contribution in [-0.2, 0) is 5.54 Å². The first-order valence-electron chi connectivity index (χ1n) is 10.7. The zero-order valence-corrected chi connectivity index (χ0v) is 17.2. The molecular formula is C24H22FN5O. The van der Waals surface area contributed by atoms with Crippen molar-refractivity contribution in [1.82, 2.24) is 20.3 Å². The second-order valence-electron chi connectivity index (χ2n) is 8.82. The van der Waals surface area contributed by atoms with Crippen molar-refractivity contribution in [2.75, 3.05) is 11.4 Å². The number of aromatic nitrogens is 3. The van der Waals surface area contributed by atoms with Gasteiger partial charge in [0.25, 0.3) is 5.91 Å². The fourth-order valence-corrected chi connectivity index (χ4v) is 4.62. The Bertz CT molecular complexity index is 1190. The number of carbonyl (C=O) groups excluding carboxylic acids is 1. The third kappa shape index (κ3) is 3.15. The van der Waals surface area contributed by atoms with Crippen LogP contribution in [0.5, 0.6) is 0 Å². The van der Waals surface area contributed by atoms with Gasteiger partial charge in [0.05, 0.1) is 22.6 Å². The van der Waals surface area contributed by atoms with Crippen LogP contribution in [0, 0.1) is 18.7 Å². The molecule has 2 atom stereocenters. The van der Waals surface area contributed by atoms with E-state index in [2.05, 4.69) is 26.3 Å². The number of amides is 1. The SMILES string of the molecule is Cc1nccc(N2C[C@H]3CC3c3nc(C4(NC(=O)c5ccc(F)cc5)CC4)ccc32)n1. The van der Waals surface area contributed by atoms with Crippen molar-refractivity contribution in [2.24, 2.45) is 5.92 Å². The number of rotatable bonds is 4. The van der Waals surface area contributed by atoms with E-state index < -0.39 is 5.54 Å². The number of anilines is 2. The molecule has 3 heterocycles. The summed E-state index contributed by atoms with van der Waals surface area (Å²) >= 11 is 0. The van der Waals surface area contributed by atoms with E-state index >= 15 is 0 Å². The highest BCUT2D eigenvalue weighted by Crippen LogP contribution is 2.56. The molecule has 0 spiro atoms. The summed E-state index contributed by atoms with van der Waals surface area (Å²) in [6.45, 7) is 2.85. The van der Waals surface area contributed by atoms with Crippen molar-refractivity contribution in [1.29, 1.82) is 0 Å². The van der Waals surface area contributed by atoms with Gasteiger partial charge >= 0.3 is 0 Å². The molecule has 1 amide bonds. The number of benzene rings is 1. The van der Waals surface area contributed by atoms with Gasteiger partial charge in [0.2, 0.25) is 0 Å². The summed E-state index contributed by atoms with van der Waals surface area (Å²) in [5.41, 5.74) is 3.14. The van der Waals surface area contributed by atoms with Gasteiger partial charge in [-0.3, -0.25) is 9.78 Å². The Morgan fingerprint density at radius 3 is 2.68 bits per heavy atom. The summed E-state index contributed by atoms with van der Waals surface area (Å²) in [5.74, 6) is 2.18. The molecule has 156 valence electrons. The minimum atomic E-state index is -0.432. The van der Waals surface area contributed by atoms with Crippen LogP contribution in [0.3, 0.4) is 0 Å². The molecule has 1 aliphatic heterocycles. The first-order chi connectivity index (χ1) is 15.0. The molecule has 3 aromatic rings. The zero-order valence-electron chi connectivity index (χ0n) is 17.2. The summed E-state index contributed by atoms with van der Waals surface area (Å²) in [4.78, 5) is 28.9. The summed E-state index contributed by atoms with van der Waals surface area (Å²) < 4.78 is 13.2. The van der Waals surface area contributed by atoms with Crippen molar-refractivity contribution < 1.29 is 9.18 Å².